The first kappa shape index (κ1) is 29.1. The van der Waals surface area contributed by atoms with E-state index in [2.05, 4.69) is 28.6 Å². The Morgan fingerprint density at radius 3 is 1.59 bits per heavy atom. The van der Waals surface area contributed by atoms with E-state index in [1.807, 2.05) is 0 Å². The van der Waals surface area contributed by atoms with Crippen LogP contribution in [-0.4, -0.2) is 70.5 Å². The van der Waals surface area contributed by atoms with E-state index in [-0.39, 0.29) is 37.4 Å². The second-order valence-electron chi connectivity index (χ2n) is 7.48. The van der Waals surface area contributed by atoms with Crippen molar-refractivity contribution < 1.29 is 33.9 Å². The van der Waals surface area contributed by atoms with Gasteiger partial charge >= 0.3 is 5.97 Å². The normalized spacial score (nSPS) is 14.5. The number of hydrogen-bond acceptors (Lipinski definition) is 8. The smallest absolute Gasteiger partial charge is 0.326 e. The number of nitrogens with two attached hydrogens (primary N) is 3. The summed E-state index contributed by atoms with van der Waals surface area (Å²) in [5, 5.41) is 16.2. The monoisotopic (exact) mass is 476 g/mol. The quantitative estimate of drug-likeness (QED) is 0.113. The minimum absolute atomic E-state index is 0.122. The first-order valence-electron chi connectivity index (χ1n) is 9.87. The van der Waals surface area contributed by atoms with Crippen molar-refractivity contribution in [1.82, 2.24) is 16.0 Å². The van der Waals surface area contributed by atoms with Crippen molar-refractivity contribution in [2.45, 2.75) is 63.7 Å². The molecule has 0 aliphatic heterocycles. The molecule has 0 spiro atoms. The van der Waals surface area contributed by atoms with E-state index < -0.39 is 59.7 Å². The minimum atomic E-state index is -1.45. The number of hydrogen-bond donors (Lipinski definition) is 8. The van der Waals surface area contributed by atoms with Crippen LogP contribution in [0.4, 0.5) is 0 Å². The second kappa shape index (κ2) is 14.2. The van der Waals surface area contributed by atoms with Gasteiger partial charge in [0.05, 0.1) is 6.04 Å². The summed E-state index contributed by atoms with van der Waals surface area (Å²) < 4.78 is 0. The lowest BCUT2D eigenvalue weighted by molar-refractivity contribution is -0.142. The summed E-state index contributed by atoms with van der Waals surface area (Å²) in [4.78, 5) is 70.8. The van der Waals surface area contributed by atoms with E-state index in [4.69, 9.17) is 17.2 Å². The molecule has 0 aromatic heterocycles. The van der Waals surface area contributed by atoms with Gasteiger partial charge in [-0.15, -0.1) is 0 Å². The highest BCUT2D eigenvalue weighted by Gasteiger charge is 2.30. The molecule has 32 heavy (non-hydrogen) atoms. The molecule has 0 aromatic rings. The molecule has 0 aromatic carbocycles. The predicted molar refractivity (Wildman–Crippen MR) is 117 cm³/mol. The fourth-order valence-electron chi connectivity index (χ4n) is 2.41. The zero-order valence-corrected chi connectivity index (χ0v) is 18.9. The van der Waals surface area contributed by atoms with E-state index in [9.17, 15) is 33.9 Å². The lowest BCUT2D eigenvalue weighted by Crippen LogP contribution is -2.58. The van der Waals surface area contributed by atoms with Crippen LogP contribution in [0.25, 0.3) is 0 Å². The molecule has 0 saturated heterocycles. The molecule has 0 bridgehead atoms. The average molecular weight is 477 g/mol. The predicted octanol–water partition coefficient (Wildman–Crippen LogP) is -3.03. The summed E-state index contributed by atoms with van der Waals surface area (Å²) in [6, 6.07) is -4.82. The Hall–Kier alpha value is -2.87. The molecule has 0 radical (unpaired) electrons. The van der Waals surface area contributed by atoms with Crippen molar-refractivity contribution in [3.63, 3.8) is 0 Å². The molecule has 14 heteroatoms. The Morgan fingerprint density at radius 2 is 1.19 bits per heavy atom. The van der Waals surface area contributed by atoms with Gasteiger partial charge in [0.1, 0.15) is 18.1 Å². The van der Waals surface area contributed by atoms with Gasteiger partial charge in [0.2, 0.25) is 29.5 Å². The van der Waals surface area contributed by atoms with Gasteiger partial charge in [0, 0.05) is 18.6 Å². The highest BCUT2D eigenvalue weighted by Crippen LogP contribution is 2.04. The van der Waals surface area contributed by atoms with Crippen molar-refractivity contribution in [3.8, 4) is 0 Å². The van der Waals surface area contributed by atoms with Crippen LogP contribution < -0.4 is 33.2 Å². The summed E-state index contributed by atoms with van der Waals surface area (Å²) in [6.07, 6.45) is -1.07. The maximum absolute atomic E-state index is 12.6. The van der Waals surface area contributed by atoms with Crippen molar-refractivity contribution in [2.24, 2.45) is 23.1 Å². The van der Waals surface area contributed by atoms with E-state index in [0.717, 1.165) is 0 Å². The Bertz CT molecular complexity index is 718. The zero-order valence-electron chi connectivity index (χ0n) is 18.0. The van der Waals surface area contributed by atoms with Crippen LogP contribution in [-0.2, 0) is 28.8 Å². The molecule has 13 nitrogen and oxygen atoms in total. The van der Waals surface area contributed by atoms with Crippen molar-refractivity contribution in [3.05, 3.63) is 0 Å². The molecule has 0 aliphatic rings. The summed E-state index contributed by atoms with van der Waals surface area (Å²) in [5.41, 5.74) is 15.9. The number of carbonyl (C=O) groups is 6. The number of nitrogens with one attached hydrogen (secondary N) is 3. The number of carbonyl (C=O) groups excluding carboxylic acids is 5. The second-order valence-corrected chi connectivity index (χ2v) is 7.85. The van der Waals surface area contributed by atoms with Crippen LogP contribution in [0.1, 0.15) is 39.5 Å². The summed E-state index contributed by atoms with van der Waals surface area (Å²) in [5.74, 6) is -5.53. The van der Waals surface area contributed by atoms with Gasteiger partial charge in [0.25, 0.3) is 0 Å². The molecule has 10 N–H and O–H groups in total. The number of aliphatic carboxylic acids is 1. The third-order valence-corrected chi connectivity index (χ3v) is 4.81. The molecule has 0 saturated carbocycles. The Kier molecular flexibility index (Phi) is 13.0. The molecule has 182 valence electrons. The van der Waals surface area contributed by atoms with Crippen molar-refractivity contribution in [2.75, 3.05) is 5.75 Å². The molecule has 5 amide bonds. The average Bonchev–Trinajstić information content (AvgIpc) is 2.70. The van der Waals surface area contributed by atoms with Crippen LogP contribution in [0.5, 0.6) is 0 Å². The molecule has 0 heterocycles. The van der Waals surface area contributed by atoms with Gasteiger partial charge in [-0.25, -0.2) is 4.79 Å². The van der Waals surface area contributed by atoms with Crippen LogP contribution in [0, 0.1) is 5.92 Å². The van der Waals surface area contributed by atoms with Crippen molar-refractivity contribution >= 4 is 48.1 Å². The maximum atomic E-state index is 12.6. The molecule has 0 fully saturated rings. The van der Waals surface area contributed by atoms with Crippen LogP contribution in [0.2, 0.25) is 0 Å². The van der Waals surface area contributed by atoms with Gasteiger partial charge in [-0.2, -0.15) is 12.6 Å². The molecular weight excluding hydrogens is 444 g/mol. The van der Waals surface area contributed by atoms with E-state index in [1.54, 1.807) is 13.8 Å². The lowest BCUT2D eigenvalue weighted by atomic mass is 10.0. The number of amides is 5. The van der Waals surface area contributed by atoms with Crippen LogP contribution >= 0.6 is 12.6 Å². The molecular formula is C18H32N6O7S. The number of carboxylic acids is 1. The zero-order chi connectivity index (χ0) is 25.0. The SMILES string of the molecule is CC(C)C(N)C(=O)NC(CS)C(=O)NC(CCC(N)=O)C(=O)NC(CCC(N)=O)C(=O)O. The lowest BCUT2D eigenvalue weighted by Gasteiger charge is -2.25. The molecule has 4 atom stereocenters. The largest absolute Gasteiger partial charge is 0.480 e. The standard InChI is InChI=1S/C18H32N6O7S/c1-8(2)14(21)17(29)24-11(7-32)16(28)22-9(3-5-12(19)25)15(27)23-10(18(30)31)4-6-13(20)26/h8-11,14,32H,3-7,21H2,1-2H3,(H2,19,25)(H2,20,26)(H,22,28)(H,23,27)(H,24,29)(H,30,31). The number of rotatable bonds is 15. The van der Waals surface area contributed by atoms with E-state index >= 15 is 0 Å². The van der Waals surface area contributed by atoms with Gasteiger partial charge < -0.3 is 38.3 Å². The van der Waals surface area contributed by atoms with Crippen LogP contribution in [0.3, 0.4) is 0 Å². The molecule has 0 aliphatic carbocycles. The molecule has 0 rings (SSSR count). The first-order valence-corrected chi connectivity index (χ1v) is 10.5. The number of carboxylic acid groups (broad SMARTS) is 1. The third-order valence-electron chi connectivity index (χ3n) is 4.44. The highest BCUT2D eigenvalue weighted by atomic mass is 32.1. The molecule has 4 unspecified atom stereocenters. The van der Waals surface area contributed by atoms with Gasteiger partial charge in [-0.05, 0) is 18.8 Å². The summed E-state index contributed by atoms with van der Waals surface area (Å²) >= 11 is 4.03. The minimum Gasteiger partial charge on any atom is -0.480 e. The number of primary amides is 2. The third kappa shape index (κ3) is 10.9. The van der Waals surface area contributed by atoms with Crippen LogP contribution in [0.15, 0.2) is 0 Å². The summed E-state index contributed by atoms with van der Waals surface area (Å²) in [6.45, 7) is 3.45. The summed E-state index contributed by atoms with van der Waals surface area (Å²) in [7, 11) is 0. The van der Waals surface area contributed by atoms with Gasteiger partial charge in [0.15, 0.2) is 0 Å². The van der Waals surface area contributed by atoms with E-state index in [0.29, 0.717) is 0 Å². The fourth-order valence-corrected chi connectivity index (χ4v) is 2.67. The Labute approximate surface area is 191 Å². The van der Waals surface area contributed by atoms with Gasteiger partial charge in [-0.1, -0.05) is 13.8 Å². The van der Waals surface area contributed by atoms with E-state index in [1.165, 1.54) is 0 Å². The van der Waals surface area contributed by atoms with Crippen molar-refractivity contribution in [1.29, 1.82) is 0 Å². The maximum Gasteiger partial charge on any atom is 0.326 e. The number of thiol groups is 1. The van der Waals surface area contributed by atoms with Gasteiger partial charge in [-0.3, -0.25) is 24.0 Å². The first-order chi connectivity index (χ1) is 14.8. The Morgan fingerprint density at radius 1 is 0.781 bits per heavy atom. The fraction of sp³-hybridized carbons (Fsp3) is 0.667. The highest BCUT2D eigenvalue weighted by molar-refractivity contribution is 7.80. The Balaban J connectivity index is 5.37. The topological polar surface area (TPSA) is 237 Å².